The van der Waals surface area contributed by atoms with E-state index in [-0.39, 0.29) is 5.69 Å². The lowest BCUT2D eigenvalue weighted by atomic mass is 9.74. The minimum Gasteiger partial charge on any atom is -0.279 e. The Balaban J connectivity index is 1.65. The molecule has 2 aliphatic carbocycles. The van der Waals surface area contributed by atoms with E-state index in [1.54, 1.807) is 12.1 Å². The molecule has 2 atom stereocenters. The number of hydrogen-bond donors (Lipinski definition) is 1. The fourth-order valence-electron chi connectivity index (χ4n) is 2.46. The number of nitrogens with one attached hydrogen (secondary N) is 1. The molecular formula is C13H13N3O2. The van der Waals surface area contributed by atoms with Crippen LogP contribution < -0.4 is 5.43 Å². The normalized spacial score (nSPS) is 26.8. The molecule has 1 N–H and O–H groups in total. The molecule has 5 heteroatoms. The van der Waals surface area contributed by atoms with Crippen molar-refractivity contribution in [3.05, 3.63) is 46.5 Å². The van der Waals surface area contributed by atoms with E-state index < -0.39 is 4.92 Å². The summed E-state index contributed by atoms with van der Waals surface area (Å²) >= 11 is 0. The first-order valence-electron chi connectivity index (χ1n) is 5.97. The largest absolute Gasteiger partial charge is 0.279 e. The van der Waals surface area contributed by atoms with Crippen LogP contribution in [0.1, 0.15) is 12.8 Å². The third kappa shape index (κ3) is 1.88. The van der Waals surface area contributed by atoms with Gasteiger partial charge in [0, 0.05) is 23.8 Å². The summed E-state index contributed by atoms with van der Waals surface area (Å²) in [6.45, 7) is 0. The van der Waals surface area contributed by atoms with Crippen LogP contribution in [0.5, 0.6) is 0 Å². The molecule has 1 aromatic carbocycles. The maximum atomic E-state index is 10.5. The first-order valence-corrected chi connectivity index (χ1v) is 5.97. The number of hydrazone groups is 1. The van der Waals surface area contributed by atoms with Gasteiger partial charge in [-0.05, 0) is 30.9 Å². The lowest BCUT2D eigenvalue weighted by Gasteiger charge is -2.31. The number of nitrogens with zero attached hydrogens (tertiary/aromatic N) is 2. The van der Waals surface area contributed by atoms with E-state index >= 15 is 0 Å². The quantitative estimate of drug-likeness (QED) is 0.504. The van der Waals surface area contributed by atoms with E-state index in [1.807, 2.05) is 0 Å². The summed E-state index contributed by atoms with van der Waals surface area (Å²) in [5.41, 5.74) is 5.00. The van der Waals surface area contributed by atoms with E-state index in [1.165, 1.54) is 24.3 Å². The van der Waals surface area contributed by atoms with Crippen molar-refractivity contribution in [2.24, 2.45) is 16.9 Å². The number of non-ortho nitro benzene ring substituents is 1. The lowest BCUT2D eigenvalue weighted by molar-refractivity contribution is -0.384. The Morgan fingerprint density at radius 3 is 2.78 bits per heavy atom. The van der Waals surface area contributed by atoms with Crippen LogP contribution in [0, 0.1) is 22.0 Å². The number of nitro benzene ring substituents is 1. The Morgan fingerprint density at radius 1 is 1.33 bits per heavy atom. The van der Waals surface area contributed by atoms with Gasteiger partial charge in [0.1, 0.15) is 0 Å². The molecule has 0 bridgehead atoms. The molecule has 1 saturated carbocycles. The highest BCUT2D eigenvalue weighted by Crippen LogP contribution is 2.40. The van der Waals surface area contributed by atoms with Crippen LogP contribution >= 0.6 is 0 Å². The van der Waals surface area contributed by atoms with E-state index in [2.05, 4.69) is 22.7 Å². The van der Waals surface area contributed by atoms with Crippen LogP contribution in [0.4, 0.5) is 11.4 Å². The lowest BCUT2D eigenvalue weighted by Crippen LogP contribution is -2.33. The van der Waals surface area contributed by atoms with Crippen LogP contribution in [0.15, 0.2) is 41.5 Å². The van der Waals surface area contributed by atoms with Gasteiger partial charge in [-0.3, -0.25) is 15.5 Å². The third-order valence-corrected chi connectivity index (χ3v) is 3.55. The molecule has 2 aliphatic rings. The summed E-state index contributed by atoms with van der Waals surface area (Å²) in [5.74, 6) is 1.26. The monoisotopic (exact) mass is 243 g/mol. The van der Waals surface area contributed by atoms with Crippen molar-refractivity contribution in [2.45, 2.75) is 12.8 Å². The van der Waals surface area contributed by atoms with Gasteiger partial charge in [0.15, 0.2) is 0 Å². The van der Waals surface area contributed by atoms with Crippen LogP contribution in [-0.4, -0.2) is 10.6 Å². The third-order valence-electron chi connectivity index (χ3n) is 3.55. The van der Waals surface area contributed by atoms with Crippen LogP contribution in [0.3, 0.4) is 0 Å². The van der Waals surface area contributed by atoms with Crippen molar-refractivity contribution in [1.82, 2.24) is 0 Å². The van der Waals surface area contributed by atoms with Crippen molar-refractivity contribution in [1.29, 1.82) is 0 Å². The molecule has 3 rings (SSSR count). The highest BCUT2D eigenvalue weighted by atomic mass is 16.6. The summed E-state index contributed by atoms with van der Waals surface area (Å²) in [5, 5.41) is 14.9. The summed E-state index contributed by atoms with van der Waals surface area (Å²) in [6, 6.07) is 6.29. The molecule has 0 saturated heterocycles. The molecule has 0 amide bonds. The molecule has 92 valence electrons. The SMILES string of the molecule is O=[N+]([O-])c1ccc(N/N=C2/C[C@H]3CC=C[C@H]23)cc1. The van der Waals surface area contributed by atoms with Gasteiger partial charge in [-0.1, -0.05) is 12.2 Å². The summed E-state index contributed by atoms with van der Waals surface area (Å²) in [6.07, 6.45) is 6.65. The van der Waals surface area contributed by atoms with E-state index in [4.69, 9.17) is 0 Å². The zero-order valence-corrected chi connectivity index (χ0v) is 9.74. The van der Waals surface area contributed by atoms with E-state index in [0.717, 1.165) is 18.0 Å². The van der Waals surface area contributed by atoms with Crippen molar-refractivity contribution in [3.8, 4) is 0 Å². The molecule has 0 unspecified atom stereocenters. The van der Waals surface area contributed by atoms with Gasteiger partial charge in [0.25, 0.3) is 5.69 Å². The average Bonchev–Trinajstić information content (AvgIpc) is 2.72. The minimum atomic E-state index is -0.407. The van der Waals surface area contributed by atoms with Gasteiger partial charge in [-0.2, -0.15) is 5.10 Å². The van der Waals surface area contributed by atoms with Gasteiger partial charge in [0.05, 0.1) is 10.6 Å². The van der Waals surface area contributed by atoms with E-state index in [0.29, 0.717) is 5.92 Å². The Kier molecular flexibility index (Phi) is 2.59. The number of fused-ring (bicyclic) bond motifs is 1. The smallest absolute Gasteiger partial charge is 0.269 e. The van der Waals surface area contributed by atoms with Gasteiger partial charge >= 0.3 is 0 Å². The number of benzene rings is 1. The molecule has 0 aliphatic heterocycles. The van der Waals surface area contributed by atoms with E-state index in [9.17, 15) is 10.1 Å². The van der Waals surface area contributed by atoms with Gasteiger partial charge in [0.2, 0.25) is 0 Å². The van der Waals surface area contributed by atoms with Crippen molar-refractivity contribution >= 4 is 17.1 Å². The Morgan fingerprint density at radius 2 is 2.11 bits per heavy atom. The number of rotatable bonds is 3. The zero-order valence-electron chi connectivity index (χ0n) is 9.74. The molecule has 0 radical (unpaired) electrons. The predicted octanol–water partition coefficient (Wildman–Crippen LogP) is 2.96. The fourth-order valence-corrected chi connectivity index (χ4v) is 2.46. The van der Waals surface area contributed by atoms with Gasteiger partial charge < -0.3 is 0 Å². The first kappa shape index (κ1) is 11.0. The zero-order chi connectivity index (χ0) is 12.5. The first-order chi connectivity index (χ1) is 8.74. The topological polar surface area (TPSA) is 67.5 Å². The molecule has 0 heterocycles. The summed E-state index contributed by atoms with van der Waals surface area (Å²) < 4.78 is 0. The van der Waals surface area contributed by atoms with Crippen LogP contribution in [0.2, 0.25) is 0 Å². The number of nitro groups is 1. The van der Waals surface area contributed by atoms with Gasteiger partial charge in [-0.15, -0.1) is 0 Å². The maximum absolute atomic E-state index is 10.5. The fraction of sp³-hybridized carbons (Fsp3) is 0.308. The van der Waals surface area contributed by atoms with Crippen molar-refractivity contribution < 1.29 is 4.92 Å². The Bertz CT molecular complexity index is 534. The summed E-state index contributed by atoms with van der Waals surface area (Å²) in [7, 11) is 0. The Hall–Kier alpha value is -2.17. The minimum absolute atomic E-state index is 0.0932. The van der Waals surface area contributed by atoms with Crippen molar-refractivity contribution in [2.75, 3.05) is 5.43 Å². The number of anilines is 1. The molecule has 1 fully saturated rings. The standard InChI is InChI=1S/C13H13N3O2/c17-16(18)11-6-4-10(5-7-11)14-15-13-8-9-2-1-3-12(9)13/h1,3-7,9,12,14H,2,8H2/b15-13-/t9-,12+/m1/s1. The number of hydrogen-bond acceptors (Lipinski definition) is 4. The van der Waals surface area contributed by atoms with Crippen LogP contribution in [-0.2, 0) is 0 Å². The molecule has 0 aromatic heterocycles. The summed E-state index contributed by atoms with van der Waals surface area (Å²) in [4.78, 5) is 10.1. The average molecular weight is 243 g/mol. The molecule has 18 heavy (non-hydrogen) atoms. The molecule has 1 aromatic rings. The second-order valence-corrected chi connectivity index (χ2v) is 4.67. The van der Waals surface area contributed by atoms with Crippen LogP contribution in [0.25, 0.3) is 0 Å². The van der Waals surface area contributed by atoms with Gasteiger partial charge in [-0.25, -0.2) is 0 Å². The van der Waals surface area contributed by atoms with Crippen molar-refractivity contribution in [3.63, 3.8) is 0 Å². The second-order valence-electron chi connectivity index (χ2n) is 4.67. The highest BCUT2D eigenvalue weighted by Gasteiger charge is 2.37. The molecule has 0 spiro atoms. The second kappa shape index (κ2) is 4.25. The predicted molar refractivity (Wildman–Crippen MR) is 69.5 cm³/mol. The number of allylic oxidation sites excluding steroid dienone is 2. The highest BCUT2D eigenvalue weighted by molar-refractivity contribution is 5.95. The Labute approximate surface area is 104 Å². The molecular weight excluding hydrogens is 230 g/mol. The maximum Gasteiger partial charge on any atom is 0.269 e. The molecule has 5 nitrogen and oxygen atoms in total.